The van der Waals surface area contributed by atoms with Crippen molar-refractivity contribution in [3.63, 3.8) is 0 Å². The second kappa shape index (κ2) is 5.82. The summed E-state index contributed by atoms with van der Waals surface area (Å²) < 4.78 is 1.55. The highest BCUT2D eigenvalue weighted by molar-refractivity contribution is 6.39. The third-order valence-electron chi connectivity index (χ3n) is 3.22. The fraction of sp³-hybridized carbons (Fsp3) is 0.333. The molecule has 0 bridgehead atoms. The van der Waals surface area contributed by atoms with Crippen LogP contribution in [0.25, 0.3) is 0 Å². The minimum absolute atomic E-state index is 0.135. The molecule has 1 heterocycles. The molecular weight excluding hydrogens is 323 g/mol. The molecule has 118 valence electrons. The van der Waals surface area contributed by atoms with Crippen molar-refractivity contribution in [2.24, 2.45) is 7.05 Å². The van der Waals surface area contributed by atoms with Gasteiger partial charge in [-0.2, -0.15) is 5.10 Å². The average molecular weight is 341 g/mol. The van der Waals surface area contributed by atoms with Crippen LogP contribution in [0.2, 0.25) is 10.0 Å². The molecule has 3 N–H and O–H groups in total. The Morgan fingerprint density at radius 2 is 1.77 bits per heavy atom. The number of carbonyl (C=O) groups excluding carboxylic acids is 1. The minimum Gasteiger partial charge on any atom is -0.396 e. The lowest BCUT2D eigenvalue weighted by atomic mass is 9.92. The van der Waals surface area contributed by atoms with E-state index in [1.54, 1.807) is 29.9 Å². The number of amides is 1. The largest absolute Gasteiger partial charge is 0.396 e. The number of rotatable bonds is 2. The maximum atomic E-state index is 12.4. The van der Waals surface area contributed by atoms with Crippen molar-refractivity contribution in [2.75, 3.05) is 11.1 Å². The van der Waals surface area contributed by atoms with Crippen molar-refractivity contribution < 1.29 is 4.79 Å². The van der Waals surface area contributed by atoms with Crippen molar-refractivity contribution in [3.8, 4) is 0 Å². The number of anilines is 2. The second-order valence-corrected chi connectivity index (χ2v) is 6.91. The van der Waals surface area contributed by atoms with Crippen LogP contribution >= 0.6 is 23.2 Å². The molecule has 0 unspecified atom stereocenters. The van der Waals surface area contributed by atoms with Gasteiger partial charge in [-0.3, -0.25) is 9.48 Å². The van der Waals surface area contributed by atoms with Crippen LogP contribution in [0.15, 0.2) is 18.2 Å². The number of nitrogens with zero attached hydrogens (tertiary/aromatic N) is 2. The van der Waals surface area contributed by atoms with Crippen molar-refractivity contribution in [1.29, 1.82) is 0 Å². The molecule has 0 saturated heterocycles. The molecule has 22 heavy (non-hydrogen) atoms. The smallest absolute Gasteiger partial charge is 0.273 e. The molecule has 0 spiro atoms. The number of hydrogen-bond acceptors (Lipinski definition) is 3. The Morgan fingerprint density at radius 1 is 1.23 bits per heavy atom. The predicted molar refractivity (Wildman–Crippen MR) is 90.7 cm³/mol. The number of aromatic nitrogens is 2. The number of halogens is 2. The van der Waals surface area contributed by atoms with Gasteiger partial charge in [0.05, 0.1) is 21.4 Å². The van der Waals surface area contributed by atoms with E-state index in [4.69, 9.17) is 28.9 Å². The van der Waals surface area contributed by atoms with E-state index in [9.17, 15) is 4.79 Å². The third-order valence-corrected chi connectivity index (χ3v) is 3.84. The topological polar surface area (TPSA) is 72.9 Å². The standard InChI is InChI=1S/C15H18Cl2N4O/c1-15(2,3)12-7-11(21(4)20-12)14(22)19-8-5-9(16)13(18)10(17)6-8/h5-7H,18H2,1-4H3,(H,19,22). The van der Waals surface area contributed by atoms with E-state index in [-0.39, 0.29) is 17.0 Å². The average Bonchev–Trinajstić information content (AvgIpc) is 2.78. The zero-order chi connectivity index (χ0) is 16.7. The van der Waals surface area contributed by atoms with Crippen molar-refractivity contribution in [1.82, 2.24) is 9.78 Å². The van der Waals surface area contributed by atoms with Crippen LogP contribution < -0.4 is 11.1 Å². The SMILES string of the molecule is Cn1nc(C(C)(C)C)cc1C(=O)Nc1cc(Cl)c(N)c(Cl)c1. The first-order valence-electron chi connectivity index (χ1n) is 6.70. The Bertz CT molecular complexity index is 709. The Morgan fingerprint density at radius 3 is 2.23 bits per heavy atom. The van der Waals surface area contributed by atoms with Gasteiger partial charge in [0.25, 0.3) is 5.91 Å². The number of nitrogens with two attached hydrogens (primary N) is 1. The van der Waals surface area contributed by atoms with Gasteiger partial charge in [-0.15, -0.1) is 0 Å². The third kappa shape index (κ3) is 3.36. The molecule has 2 aromatic rings. The summed E-state index contributed by atoms with van der Waals surface area (Å²) in [5, 5.41) is 7.72. The number of aryl methyl sites for hydroxylation is 1. The quantitative estimate of drug-likeness (QED) is 0.815. The van der Waals surface area contributed by atoms with Gasteiger partial charge in [0.15, 0.2) is 0 Å². The van der Waals surface area contributed by atoms with Crippen LogP contribution in [-0.2, 0) is 12.5 Å². The monoisotopic (exact) mass is 340 g/mol. The summed E-state index contributed by atoms with van der Waals surface area (Å²) in [6, 6.07) is 4.89. The molecule has 2 rings (SSSR count). The zero-order valence-electron chi connectivity index (χ0n) is 12.9. The van der Waals surface area contributed by atoms with Crippen LogP contribution in [-0.4, -0.2) is 15.7 Å². The molecule has 0 aliphatic rings. The molecule has 0 radical (unpaired) electrons. The lowest BCUT2D eigenvalue weighted by Gasteiger charge is -2.13. The van der Waals surface area contributed by atoms with Crippen molar-refractivity contribution in [3.05, 3.63) is 39.6 Å². The van der Waals surface area contributed by atoms with Crippen LogP contribution in [0, 0.1) is 0 Å². The van der Waals surface area contributed by atoms with Gasteiger partial charge < -0.3 is 11.1 Å². The molecule has 0 saturated carbocycles. The van der Waals surface area contributed by atoms with Gasteiger partial charge in [-0.25, -0.2) is 0 Å². The summed E-state index contributed by atoms with van der Waals surface area (Å²) >= 11 is 11.9. The summed E-state index contributed by atoms with van der Waals surface area (Å²) in [7, 11) is 1.73. The number of hydrogen-bond donors (Lipinski definition) is 2. The Balaban J connectivity index is 2.28. The Hall–Kier alpha value is -1.72. The molecular formula is C15H18Cl2N4O. The number of nitrogen functional groups attached to an aromatic ring is 1. The molecule has 7 heteroatoms. The Kier molecular flexibility index (Phi) is 4.40. The summed E-state index contributed by atoms with van der Waals surface area (Å²) in [5.41, 5.74) is 7.60. The lowest BCUT2D eigenvalue weighted by molar-refractivity contribution is 0.101. The van der Waals surface area contributed by atoms with E-state index in [1.807, 2.05) is 20.8 Å². The molecule has 1 amide bonds. The van der Waals surface area contributed by atoms with Gasteiger partial charge in [-0.1, -0.05) is 44.0 Å². The van der Waals surface area contributed by atoms with Gasteiger partial charge in [-0.05, 0) is 18.2 Å². The van der Waals surface area contributed by atoms with Crippen LogP contribution in [0.1, 0.15) is 37.0 Å². The van der Waals surface area contributed by atoms with E-state index in [1.165, 1.54) is 0 Å². The maximum absolute atomic E-state index is 12.4. The van der Waals surface area contributed by atoms with E-state index < -0.39 is 0 Å². The highest BCUT2D eigenvalue weighted by atomic mass is 35.5. The normalized spacial score (nSPS) is 11.5. The van der Waals surface area contributed by atoms with E-state index in [0.717, 1.165) is 5.69 Å². The molecule has 1 aromatic carbocycles. The summed E-state index contributed by atoms with van der Waals surface area (Å²) in [5.74, 6) is -0.289. The van der Waals surface area contributed by atoms with Gasteiger partial charge in [0.2, 0.25) is 0 Å². The van der Waals surface area contributed by atoms with Crippen LogP contribution in [0.4, 0.5) is 11.4 Å². The maximum Gasteiger partial charge on any atom is 0.273 e. The first-order valence-corrected chi connectivity index (χ1v) is 7.45. The molecule has 0 atom stereocenters. The fourth-order valence-corrected chi connectivity index (χ4v) is 2.38. The second-order valence-electron chi connectivity index (χ2n) is 6.10. The molecule has 0 aliphatic heterocycles. The highest BCUT2D eigenvalue weighted by Crippen LogP contribution is 2.31. The summed E-state index contributed by atoms with van der Waals surface area (Å²) in [6.07, 6.45) is 0. The fourth-order valence-electron chi connectivity index (χ4n) is 1.90. The predicted octanol–water partition coefficient (Wildman–Crippen LogP) is 3.86. The van der Waals surface area contributed by atoms with E-state index in [0.29, 0.717) is 21.4 Å². The molecule has 0 fully saturated rings. The van der Waals surface area contributed by atoms with Crippen molar-refractivity contribution in [2.45, 2.75) is 26.2 Å². The van der Waals surface area contributed by atoms with Crippen LogP contribution in [0.5, 0.6) is 0 Å². The molecule has 1 aromatic heterocycles. The zero-order valence-corrected chi connectivity index (χ0v) is 14.4. The van der Waals surface area contributed by atoms with E-state index >= 15 is 0 Å². The first kappa shape index (κ1) is 16.6. The highest BCUT2D eigenvalue weighted by Gasteiger charge is 2.22. The first-order chi connectivity index (χ1) is 10.1. The number of carbonyl (C=O) groups is 1. The molecule has 5 nitrogen and oxygen atoms in total. The molecule has 0 aliphatic carbocycles. The number of benzene rings is 1. The van der Waals surface area contributed by atoms with Gasteiger partial charge >= 0.3 is 0 Å². The Labute approximate surface area is 139 Å². The summed E-state index contributed by atoms with van der Waals surface area (Å²) in [4.78, 5) is 12.4. The minimum atomic E-state index is -0.289. The van der Waals surface area contributed by atoms with Gasteiger partial charge in [0.1, 0.15) is 5.69 Å². The number of nitrogens with one attached hydrogen (secondary N) is 1. The van der Waals surface area contributed by atoms with E-state index in [2.05, 4.69) is 10.4 Å². The lowest BCUT2D eigenvalue weighted by Crippen LogP contribution is -2.16. The van der Waals surface area contributed by atoms with Gasteiger partial charge in [0, 0.05) is 18.2 Å². The summed E-state index contributed by atoms with van der Waals surface area (Å²) in [6.45, 7) is 6.11. The van der Waals surface area contributed by atoms with Crippen LogP contribution in [0.3, 0.4) is 0 Å². The van der Waals surface area contributed by atoms with Crippen molar-refractivity contribution >= 4 is 40.5 Å².